The summed E-state index contributed by atoms with van der Waals surface area (Å²) in [4.78, 5) is 14.1. The van der Waals surface area contributed by atoms with E-state index in [1.165, 1.54) is 44.9 Å². The summed E-state index contributed by atoms with van der Waals surface area (Å²) in [6, 6.07) is 0. The van der Waals surface area contributed by atoms with Crippen molar-refractivity contribution in [2.45, 2.75) is 64.7 Å². The van der Waals surface area contributed by atoms with Gasteiger partial charge in [-0.15, -0.1) is 0 Å². The van der Waals surface area contributed by atoms with Crippen molar-refractivity contribution < 1.29 is 4.79 Å². The Morgan fingerprint density at radius 1 is 1.00 bits per heavy atom. The second kappa shape index (κ2) is 13.1. The van der Waals surface area contributed by atoms with Crippen molar-refractivity contribution in [1.29, 1.82) is 0 Å². The zero-order valence-corrected chi connectivity index (χ0v) is 14.0. The SMILES string of the molecule is CCCCCCCCCCNC(=O)CN1CCCNCC1. The standard InChI is InChI=1S/C17H35N3O/c1-2-3-4-5-6-7-8-9-12-19-17(21)16-20-14-10-11-18-13-15-20/h18H,2-16H2,1H3,(H,19,21). The Labute approximate surface area is 131 Å². The van der Waals surface area contributed by atoms with Crippen LogP contribution in [0.5, 0.6) is 0 Å². The Bertz CT molecular complexity index is 250. The fourth-order valence-corrected chi connectivity index (χ4v) is 2.81. The molecule has 1 heterocycles. The third kappa shape index (κ3) is 10.7. The second-order valence-corrected chi connectivity index (χ2v) is 6.20. The van der Waals surface area contributed by atoms with Gasteiger partial charge in [-0.3, -0.25) is 9.69 Å². The molecule has 4 heteroatoms. The van der Waals surface area contributed by atoms with Crippen LogP contribution >= 0.6 is 0 Å². The van der Waals surface area contributed by atoms with E-state index >= 15 is 0 Å². The van der Waals surface area contributed by atoms with Crippen LogP contribution in [0.3, 0.4) is 0 Å². The molecule has 0 aromatic rings. The largest absolute Gasteiger partial charge is 0.355 e. The molecular formula is C17H35N3O. The summed E-state index contributed by atoms with van der Waals surface area (Å²) in [6.07, 6.45) is 11.7. The monoisotopic (exact) mass is 297 g/mol. The van der Waals surface area contributed by atoms with E-state index in [1.54, 1.807) is 0 Å². The van der Waals surface area contributed by atoms with E-state index in [4.69, 9.17) is 0 Å². The van der Waals surface area contributed by atoms with Gasteiger partial charge in [0.1, 0.15) is 0 Å². The molecule has 1 amide bonds. The first-order valence-electron chi connectivity index (χ1n) is 9.02. The highest BCUT2D eigenvalue weighted by Crippen LogP contribution is 2.07. The normalized spacial score (nSPS) is 16.6. The minimum atomic E-state index is 0.194. The molecule has 0 spiro atoms. The number of carbonyl (C=O) groups is 1. The van der Waals surface area contributed by atoms with Gasteiger partial charge >= 0.3 is 0 Å². The number of rotatable bonds is 11. The predicted molar refractivity (Wildman–Crippen MR) is 89.5 cm³/mol. The fourth-order valence-electron chi connectivity index (χ4n) is 2.81. The zero-order valence-electron chi connectivity index (χ0n) is 14.0. The highest BCUT2D eigenvalue weighted by molar-refractivity contribution is 5.77. The summed E-state index contributed by atoms with van der Waals surface area (Å²) in [7, 11) is 0. The number of amides is 1. The molecule has 1 fully saturated rings. The topological polar surface area (TPSA) is 44.4 Å². The van der Waals surface area contributed by atoms with Crippen molar-refractivity contribution >= 4 is 5.91 Å². The minimum Gasteiger partial charge on any atom is -0.355 e. The maximum atomic E-state index is 11.9. The average Bonchev–Trinajstić information content (AvgIpc) is 2.74. The molecule has 1 aliphatic rings. The van der Waals surface area contributed by atoms with Crippen molar-refractivity contribution in [3.8, 4) is 0 Å². The molecule has 0 aromatic heterocycles. The van der Waals surface area contributed by atoms with Crippen molar-refractivity contribution in [3.63, 3.8) is 0 Å². The molecule has 0 bridgehead atoms. The van der Waals surface area contributed by atoms with E-state index in [-0.39, 0.29) is 5.91 Å². The van der Waals surface area contributed by atoms with Crippen LogP contribution in [0.25, 0.3) is 0 Å². The van der Waals surface area contributed by atoms with Crippen LogP contribution in [-0.4, -0.2) is 50.1 Å². The maximum Gasteiger partial charge on any atom is 0.234 e. The van der Waals surface area contributed by atoms with E-state index in [9.17, 15) is 4.79 Å². The molecule has 0 atom stereocenters. The third-order valence-corrected chi connectivity index (χ3v) is 4.15. The zero-order chi connectivity index (χ0) is 15.2. The van der Waals surface area contributed by atoms with Crippen LogP contribution in [-0.2, 0) is 4.79 Å². The van der Waals surface area contributed by atoms with Crippen LogP contribution in [0.2, 0.25) is 0 Å². The molecule has 0 radical (unpaired) electrons. The highest BCUT2D eigenvalue weighted by Gasteiger charge is 2.11. The summed E-state index contributed by atoms with van der Waals surface area (Å²) in [5, 5.41) is 6.42. The lowest BCUT2D eigenvalue weighted by Gasteiger charge is -2.18. The van der Waals surface area contributed by atoms with Gasteiger partial charge < -0.3 is 10.6 Å². The fraction of sp³-hybridized carbons (Fsp3) is 0.941. The molecule has 0 aliphatic carbocycles. The number of nitrogens with zero attached hydrogens (tertiary/aromatic N) is 1. The Morgan fingerprint density at radius 3 is 2.48 bits per heavy atom. The smallest absolute Gasteiger partial charge is 0.234 e. The van der Waals surface area contributed by atoms with Gasteiger partial charge in [0.2, 0.25) is 5.91 Å². The van der Waals surface area contributed by atoms with E-state index in [2.05, 4.69) is 22.5 Å². The summed E-state index contributed by atoms with van der Waals surface area (Å²) in [6.45, 7) is 7.79. The summed E-state index contributed by atoms with van der Waals surface area (Å²) < 4.78 is 0. The lowest BCUT2D eigenvalue weighted by Crippen LogP contribution is -2.39. The van der Waals surface area contributed by atoms with Gasteiger partial charge in [0, 0.05) is 19.6 Å². The number of hydrogen-bond acceptors (Lipinski definition) is 3. The molecule has 0 aromatic carbocycles. The van der Waals surface area contributed by atoms with Crippen molar-refractivity contribution in [3.05, 3.63) is 0 Å². The molecule has 1 rings (SSSR count). The summed E-state index contributed by atoms with van der Waals surface area (Å²) in [5.74, 6) is 0.194. The van der Waals surface area contributed by atoms with Gasteiger partial charge in [0.15, 0.2) is 0 Å². The number of nitrogens with one attached hydrogen (secondary N) is 2. The maximum absolute atomic E-state index is 11.9. The third-order valence-electron chi connectivity index (χ3n) is 4.15. The predicted octanol–water partition coefficient (Wildman–Crippen LogP) is 2.54. The Hall–Kier alpha value is -0.610. The molecule has 21 heavy (non-hydrogen) atoms. The van der Waals surface area contributed by atoms with E-state index in [0.29, 0.717) is 6.54 Å². The second-order valence-electron chi connectivity index (χ2n) is 6.20. The van der Waals surface area contributed by atoms with Crippen molar-refractivity contribution in [2.24, 2.45) is 0 Å². The first kappa shape index (κ1) is 18.4. The molecule has 1 saturated heterocycles. The number of hydrogen-bond donors (Lipinski definition) is 2. The number of carbonyl (C=O) groups excluding carboxylic acids is 1. The Balaban J connectivity index is 1.88. The first-order valence-corrected chi connectivity index (χ1v) is 9.02. The van der Waals surface area contributed by atoms with Gasteiger partial charge in [0.25, 0.3) is 0 Å². The molecular weight excluding hydrogens is 262 g/mol. The highest BCUT2D eigenvalue weighted by atomic mass is 16.2. The molecule has 0 saturated carbocycles. The quantitative estimate of drug-likeness (QED) is 0.576. The van der Waals surface area contributed by atoms with E-state index < -0.39 is 0 Å². The summed E-state index contributed by atoms with van der Waals surface area (Å²) >= 11 is 0. The number of unbranched alkanes of at least 4 members (excludes halogenated alkanes) is 7. The van der Waals surface area contributed by atoms with Crippen molar-refractivity contribution in [1.82, 2.24) is 15.5 Å². The lowest BCUT2D eigenvalue weighted by molar-refractivity contribution is -0.122. The molecule has 2 N–H and O–H groups in total. The molecule has 0 unspecified atom stereocenters. The van der Waals surface area contributed by atoms with Gasteiger partial charge in [0.05, 0.1) is 6.54 Å². The van der Waals surface area contributed by atoms with Crippen LogP contribution in [0, 0.1) is 0 Å². The van der Waals surface area contributed by atoms with Gasteiger partial charge in [-0.05, 0) is 25.9 Å². The van der Waals surface area contributed by atoms with Gasteiger partial charge in [-0.1, -0.05) is 51.9 Å². The van der Waals surface area contributed by atoms with Crippen LogP contribution in [0.4, 0.5) is 0 Å². The van der Waals surface area contributed by atoms with Crippen LogP contribution < -0.4 is 10.6 Å². The van der Waals surface area contributed by atoms with Crippen molar-refractivity contribution in [2.75, 3.05) is 39.3 Å². The van der Waals surface area contributed by atoms with Gasteiger partial charge in [-0.2, -0.15) is 0 Å². The minimum absolute atomic E-state index is 0.194. The summed E-state index contributed by atoms with van der Waals surface area (Å²) in [5.41, 5.74) is 0. The van der Waals surface area contributed by atoms with E-state index in [0.717, 1.165) is 45.6 Å². The van der Waals surface area contributed by atoms with Crippen LogP contribution in [0.1, 0.15) is 64.7 Å². The van der Waals surface area contributed by atoms with Crippen LogP contribution in [0.15, 0.2) is 0 Å². The average molecular weight is 297 g/mol. The Morgan fingerprint density at radius 2 is 1.71 bits per heavy atom. The van der Waals surface area contributed by atoms with Gasteiger partial charge in [-0.25, -0.2) is 0 Å². The lowest BCUT2D eigenvalue weighted by atomic mass is 10.1. The molecule has 1 aliphatic heterocycles. The first-order chi connectivity index (χ1) is 10.3. The molecule has 124 valence electrons. The van der Waals surface area contributed by atoms with E-state index in [1.807, 2.05) is 0 Å². The Kier molecular flexibility index (Phi) is 11.5. The molecule has 4 nitrogen and oxygen atoms in total.